The van der Waals surface area contributed by atoms with Crippen LogP contribution in [0.4, 0.5) is 0 Å². The van der Waals surface area contributed by atoms with E-state index in [2.05, 4.69) is 19.2 Å². The molecule has 1 saturated carbocycles. The SMILES string of the molecule is CC1CCC(NCC(C)(O)c2ccccc2)C1C. The number of aliphatic hydroxyl groups is 1. The van der Waals surface area contributed by atoms with Crippen LogP contribution in [-0.4, -0.2) is 17.7 Å². The second-order valence-corrected chi connectivity index (χ2v) is 6.04. The van der Waals surface area contributed by atoms with Gasteiger partial charge in [0.1, 0.15) is 0 Å². The summed E-state index contributed by atoms with van der Waals surface area (Å²) in [5.74, 6) is 1.50. The molecule has 2 heteroatoms. The molecule has 1 fully saturated rings. The van der Waals surface area contributed by atoms with Crippen LogP contribution in [0, 0.1) is 11.8 Å². The van der Waals surface area contributed by atoms with E-state index in [1.807, 2.05) is 37.3 Å². The zero-order valence-electron chi connectivity index (χ0n) is 11.7. The molecule has 4 unspecified atom stereocenters. The van der Waals surface area contributed by atoms with Gasteiger partial charge in [-0.1, -0.05) is 44.2 Å². The topological polar surface area (TPSA) is 32.3 Å². The van der Waals surface area contributed by atoms with Crippen LogP contribution >= 0.6 is 0 Å². The molecule has 0 spiro atoms. The summed E-state index contributed by atoms with van der Waals surface area (Å²) >= 11 is 0. The van der Waals surface area contributed by atoms with Gasteiger partial charge < -0.3 is 10.4 Å². The first-order valence-electron chi connectivity index (χ1n) is 7.02. The van der Waals surface area contributed by atoms with Gasteiger partial charge in [-0.25, -0.2) is 0 Å². The Hall–Kier alpha value is -0.860. The fourth-order valence-electron chi connectivity index (χ4n) is 2.88. The number of rotatable bonds is 4. The molecule has 0 bridgehead atoms. The van der Waals surface area contributed by atoms with E-state index in [0.717, 1.165) is 11.5 Å². The predicted molar refractivity (Wildman–Crippen MR) is 75.4 cm³/mol. The van der Waals surface area contributed by atoms with E-state index in [4.69, 9.17) is 0 Å². The van der Waals surface area contributed by atoms with Crippen LogP contribution < -0.4 is 5.32 Å². The predicted octanol–water partition coefficient (Wildman–Crippen LogP) is 2.92. The molecule has 0 aromatic heterocycles. The maximum absolute atomic E-state index is 10.5. The van der Waals surface area contributed by atoms with Gasteiger partial charge in [0.05, 0.1) is 5.60 Å². The lowest BCUT2D eigenvalue weighted by atomic mass is 9.94. The second kappa shape index (κ2) is 5.41. The van der Waals surface area contributed by atoms with E-state index < -0.39 is 5.60 Å². The minimum atomic E-state index is -0.785. The minimum Gasteiger partial charge on any atom is -0.384 e. The average Bonchev–Trinajstić information content (AvgIpc) is 2.69. The fourth-order valence-corrected chi connectivity index (χ4v) is 2.88. The molecule has 2 nitrogen and oxygen atoms in total. The lowest BCUT2D eigenvalue weighted by Gasteiger charge is -2.28. The summed E-state index contributed by atoms with van der Waals surface area (Å²) < 4.78 is 0. The van der Waals surface area contributed by atoms with Crippen LogP contribution in [0.5, 0.6) is 0 Å². The highest BCUT2D eigenvalue weighted by Gasteiger charge is 2.31. The average molecular weight is 247 g/mol. The van der Waals surface area contributed by atoms with Crippen molar-refractivity contribution in [2.45, 2.75) is 45.3 Å². The van der Waals surface area contributed by atoms with E-state index in [-0.39, 0.29) is 0 Å². The molecule has 1 aromatic carbocycles. The van der Waals surface area contributed by atoms with Crippen molar-refractivity contribution in [2.75, 3.05) is 6.54 Å². The molecule has 1 aromatic rings. The van der Waals surface area contributed by atoms with Crippen molar-refractivity contribution in [1.82, 2.24) is 5.32 Å². The molecule has 1 aliphatic rings. The Kier molecular flexibility index (Phi) is 4.08. The zero-order valence-corrected chi connectivity index (χ0v) is 11.7. The van der Waals surface area contributed by atoms with Gasteiger partial charge in [0.2, 0.25) is 0 Å². The van der Waals surface area contributed by atoms with Crippen LogP contribution in [0.25, 0.3) is 0 Å². The van der Waals surface area contributed by atoms with Crippen molar-refractivity contribution in [3.05, 3.63) is 35.9 Å². The lowest BCUT2D eigenvalue weighted by molar-refractivity contribution is 0.0522. The molecule has 0 amide bonds. The number of hydrogen-bond donors (Lipinski definition) is 2. The first-order chi connectivity index (χ1) is 8.50. The molecule has 2 N–H and O–H groups in total. The summed E-state index contributed by atoms with van der Waals surface area (Å²) in [7, 11) is 0. The van der Waals surface area contributed by atoms with Gasteiger partial charge in [-0.3, -0.25) is 0 Å². The Morgan fingerprint density at radius 2 is 1.89 bits per heavy atom. The minimum absolute atomic E-state index is 0.551. The van der Waals surface area contributed by atoms with E-state index in [1.165, 1.54) is 12.8 Å². The molecular formula is C16H25NO. The summed E-state index contributed by atoms with van der Waals surface area (Å²) in [4.78, 5) is 0. The van der Waals surface area contributed by atoms with Crippen molar-refractivity contribution in [3.63, 3.8) is 0 Å². The molecule has 18 heavy (non-hydrogen) atoms. The van der Waals surface area contributed by atoms with Gasteiger partial charge in [-0.05, 0) is 37.2 Å². The van der Waals surface area contributed by atoms with Crippen molar-refractivity contribution < 1.29 is 5.11 Å². The van der Waals surface area contributed by atoms with Crippen LogP contribution in [0.3, 0.4) is 0 Å². The van der Waals surface area contributed by atoms with Gasteiger partial charge >= 0.3 is 0 Å². The lowest BCUT2D eigenvalue weighted by Crippen LogP contribution is -2.42. The monoisotopic (exact) mass is 247 g/mol. The highest BCUT2D eigenvalue weighted by atomic mass is 16.3. The first kappa shape index (κ1) is 13.6. The zero-order chi connectivity index (χ0) is 13.2. The summed E-state index contributed by atoms with van der Waals surface area (Å²) in [6.45, 7) is 7.14. The summed E-state index contributed by atoms with van der Waals surface area (Å²) in [5, 5.41) is 14.1. The van der Waals surface area contributed by atoms with E-state index in [9.17, 15) is 5.11 Å². The Balaban J connectivity index is 1.93. The molecule has 0 heterocycles. The summed E-state index contributed by atoms with van der Waals surface area (Å²) in [6.07, 6.45) is 2.53. The number of benzene rings is 1. The van der Waals surface area contributed by atoms with E-state index in [0.29, 0.717) is 18.5 Å². The Morgan fingerprint density at radius 3 is 2.44 bits per heavy atom. The first-order valence-corrected chi connectivity index (χ1v) is 7.02. The second-order valence-electron chi connectivity index (χ2n) is 6.04. The quantitative estimate of drug-likeness (QED) is 0.857. The molecule has 1 aliphatic carbocycles. The summed E-state index contributed by atoms with van der Waals surface area (Å²) in [6, 6.07) is 10.5. The van der Waals surface area contributed by atoms with Crippen LogP contribution in [0.2, 0.25) is 0 Å². The maximum atomic E-state index is 10.5. The highest BCUT2D eigenvalue weighted by molar-refractivity contribution is 5.21. The van der Waals surface area contributed by atoms with Gasteiger partial charge in [0, 0.05) is 12.6 Å². The molecule has 2 rings (SSSR count). The molecule has 100 valence electrons. The fraction of sp³-hybridized carbons (Fsp3) is 0.625. The van der Waals surface area contributed by atoms with Crippen LogP contribution in [-0.2, 0) is 5.60 Å². The largest absolute Gasteiger partial charge is 0.384 e. The molecular weight excluding hydrogens is 222 g/mol. The van der Waals surface area contributed by atoms with Gasteiger partial charge in [0.15, 0.2) is 0 Å². The number of hydrogen-bond acceptors (Lipinski definition) is 2. The van der Waals surface area contributed by atoms with Crippen molar-refractivity contribution in [1.29, 1.82) is 0 Å². The highest BCUT2D eigenvalue weighted by Crippen LogP contribution is 2.31. The van der Waals surface area contributed by atoms with Crippen molar-refractivity contribution in [3.8, 4) is 0 Å². The smallest absolute Gasteiger partial charge is 0.0992 e. The van der Waals surface area contributed by atoms with Gasteiger partial charge in [0.25, 0.3) is 0 Å². The normalized spacial score (nSPS) is 31.2. The van der Waals surface area contributed by atoms with Gasteiger partial charge in [-0.15, -0.1) is 0 Å². The molecule has 0 radical (unpaired) electrons. The third kappa shape index (κ3) is 2.93. The Bertz CT molecular complexity index is 374. The molecule has 4 atom stereocenters. The van der Waals surface area contributed by atoms with E-state index in [1.54, 1.807) is 0 Å². The van der Waals surface area contributed by atoms with E-state index >= 15 is 0 Å². The van der Waals surface area contributed by atoms with Gasteiger partial charge in [-0.2, -0.15) is 0 Å². The summed E-state index contributed by atoms with van der Waals surface area (Å²) in [5.41, 5.74) is 0.198. The van der Waals surface area contributed by atoms with Crippen LogP contribution in [0.15, 0.2) is 30.3 Å². The third-order valence-corrected chi connectivity index (χ3v) is 4.57. The number of nitrogens with one attached hydrogen (secondary N) is 1. The Morgan fingerprint density at radius 1 is 1.22 bits per heavy atom. The molecule has 0 saturated heterocycles. The maximum Gasteiger partial charge on any atom is 0.0992 e. The standard InChI is InChI=1S/C16H25NO/c1-12-9-10-15(13(12)2)17-11-16(3,18)14-7-5-4-6-8-14/h4-8,12-13,15,17-18H,9-11H2,1-3H3. The third-order valence-electron chi connectivity index (χ3n) is 4.57. The molecule has 0 aliphatic heterocycles. The van der Waals surface area contributed by atoms with Crippen molar-refractivity contribution >= 4 is 0 Å². The van der Waals surface area contributed by atoms with Crippen molar-refractivity contribution in [2.24, 2.45) is 11.8 Å². The Labute approximate surface area is 110 Å². The van der Waals surface area contributed by atoms with Crippen LogP contribution in [0.1, 0.15) is 39.2 Å².